The Balaban J connectivity index is 1.60. The smallest absolute Gasteiger partial charge is 0.259 e. The highest BCUT2D eigenvalue weighted by molar-refractivity contribution is 6.11. The van der Waals surface area contributed by atoms with Gasteiger partial charge in [-0.15, -0.1) is 0 Å². The minimum atomic E-state index is -0.410. The number of likely N-dealkylation sites (N-methyl/N-ethyl adjacent to an activating group) is 1. The molecule has 1 aromatic heterocycles. The molecule has 0 saturated heterocycles. The second-order valence-electron chi connectivity index (χ2n) is 7.65. The van der Waals surface area contributed by atoms with Gasteiger partial charge in [0.05, 0.1) is 10.9 Å². The van der Waals surface area contributed by atoms with Crippen LogP contribution in [0.5, 0.6) is 5.75 Å². The van der Waals surface area contributed by atoms with Crippen molar-refractivity contribution < 1.29 is 18.7 Å². The van der Waals surface area contributed by atoms with E-state index >= 15 is 0 Å². The fraction of sp³-hybridized carbons (Fsp3) is 0.148. The second-order valence-corrected chi connectivity index (χ2v) is 7.65. The summed E-state index contributed by atoms with van der Waals surface area (Å²) in [5.74, 6) is 0.324. The third-order valence-corrected chi connectivity index (χ3v) is 5.28. The standard InChI is InChI=1S/C27H24N2O5/c1-3-28-23(30)16-33-20-14-12-19(13-15-20)29-27(32)22-11-7-10-21-24(31)17(2)25(34-26(21)22)18-8-5-4-6-9-18/h4-15H,3,16H2,1-2H3,(H,28,30)(H,29,32). The van der Waals surface area contributed by atoms with Crippen LogP contribution in [0.3, 0.4) is 0 Å². The number of amides is 2. The Hall–Kier alpha value is -4.39. The van der Waals surface area contributed by atoms with Crippen LogP contribution < -0.4 is 20.8 Å². The first-order valence-electron chi connectivity index (χ1n) is 10.9. The largest absolute Gasteiger partial charge is 0.484 e. The molecule has 0 unspecified atom stereocenters. The fourth-order valence-electron chi connectivity index (χ4n) is 3.58. The summed E-state index contributed by atoms with van der Waals surface area (Å²) < 4.78 is 11.6. The Kier molecular flexibility index (Phi) is 6.73. The molecule has 7 heteroatoms. The number of hydrogen-bond donors (Lipinski definition) is 2. The molecule has 3 aromatic carbocycles. The molecule has 1 heterocycles. The van der Waals surface area contributed by atoms with Crippen molar-refractivity contribution in [2.24, 2.45) is 0 Å². The van der Waals surface area contributed by atoms with Crippen molar-refractivity contribution in [1.82, 2.24) is 5.32 Å². The Bertz CT molecular complexity index is 1390. The van der Waals surface area contributed by atoms with Gasteiger partial charge in [-0.25, -0.2) is 0 Å². The predicted molar refractivity (Wildman–Crippen MR) is 131 cm³/mol. The molecule has 4 aromatic rings. The molecule has 0 bridgehead atoms. The van der Waals surface area contributed by atoms with Crippen LogP contribution >= 0.6 is 0 Å². The minimum Gasteiger partial charge on any atom is -0.484 e. The highest BCUT2D eigenvalue weighted by atomic mass is 16.5. The van der Waals surface area contributed by atoms with Gasteiger partial charge in [-0.2, -0.15) is 0 Å². The monoisotopic (exact) mass is 456 g/mol. The number of para-hydroxylation sites is 1. The van der Waals surface area contributed by atoms with Crippen molar-refractivity contribution in [1.29, 1.82) is 0 Å². The van der Waals surface area contributed by atoms with Gasteiger partial charge >= 0.3 is 0 Å². The highest BCUT2D eigenvalue weighted by Gasteiger charge is 2.18. The quantitative estimate of drug-likeness (QED) is 0.426. The summed E-state index contributed by atoms with van der Waals surface area (Å²) in [5, 5.41) is 5.82. The molecule has 0 saturated carbocycles. The highest BCUT2D eigenvalue weighted by Crippen LogP contribution is 2.28. The number of hydrogen-bond acceptors (Lipinski definition) is 5. The summed E-state index contributed by atoms with van der Waals surface area (Å²) in [6.07, 6.45) is 0. The molecule has 34 heavy (non-hydrogen) atoms. The van der Waals surface area contributed by atoms with E-state index in [-0.39, 0.29) is 29.1 Å². The van der Waals surface area contributed by atoms with Crippen LogP contribution in [-0.2, 0) is 4.79 Å². The second kappa shape index (κ2) is 10.0. The molecule has 0 spiro atoms. The third kappa shape index (κ3) is 4.83. The average molecular weight is 456 g/mol. The summed E-state index contributed by atoms with van der Waals surface area (Å²) in [7, 11) is 0. The van der Waals surface area contributed by atoms with E-state index in [1.807, 2.05) is 37.3 Å². The minimum absolute atomic E-state index is 0.0856. The van der Waals surface area contributed by atoms with Gasteiger partial charge in [0, 0.05) is 23.4 Å². The van der Waals surface area contributed by atoms with Crippen LogP contribution in [0, 0.1) is 6.92 Å². The summed E-state index contributed by atoms with van der Waals surface area (Å²) >= 11 is 0. The zero-order valence-electron chi connectivity index (χ0n) is 18.9. The molecular weight excluding hydrogens is 432 g/mol. The molecule has 7 nitrogen and oxygen atoms in total. The lowest BCUT2D eigenvalue weighted by Gasteiger charge is -2.11. The van der Waals surface area contributed by atoms with E-state index in [2.05, 4.69) is 10.6 Å². The Morgan fingerprint density at radius 3 is 2.38 bits per heavy atom. The van der Waals surface area contributed by atoms with Crippen molar-refractivity contribution >= 4 is 28.5 Å². The average Bonchev–Trinajstić information content (AvgIpc) is 2.86. The summed E-state index contributed by atoms with van der Waals surface area (Å²) in [6.45, 7) is 4.00. The maximum atomic E-state index is 13.1. The summed E-state index contributed by atoms with van der Waals surface area (Å²) in [6, 6.07) is 20.9. The molecule has 0 aliphatic heterocycles. The van der Waals surface area contributed by atoms with Crippen molar-refractivity contribution in [3.05, 3.63) is 94.1 Å². The number of anilines is 1. The maximum absolute atomic E-state index is 13.1. The first kappa shape index (κ1) is 22.8. The number of carbonyl (C=O) groups excluding carboxylic acids is 2. The topological polar surface area (TPSA) is 97.6 Å². The van der Waals surface area contributed by atoms with Crippen molar-refractivity contribution in [3.8, 4) is 17.1 Å². The van der Waals surface area contributed by atoms with E-state index in [9.17, 15) is 14.4 Å². The lowest BCUT2D eigenvalue weighted by Crippen LogP contribution is -2.28. The van der Waals surface area contributed by atoms with Gasteiger partial charge in [0.1, 0.15) is 11.5 Å². The van der Waals surface area contributed by atoms with Gasteiger partial charge in [-0.3, -0.25) is 14.4 Å². The molecule has 2 N–H and O–H groups in total. The lowest BCUT2D eigenvalue weighted by atomic mass is 10.0. The molecule has 0 fully saturated rings. The first-order valence-corrected chi connectivity index (χ1v) is 10.9. The van der Waals surface area contributed by atoms with Gasteiger partial charge in [0.15, 0.2) is 17.6 Å². The van der Waals surface area contributed by atoms with Crippen LogP contribution in [-0.4, -0.2) is 25.0 Å². The summed E-state index contributed by atoms with van der Waals surface area (Å²) in [4.78, 5) is 37.6. The van der Waals surface area contributed by atoms with Crippen LogP contribution in [0.4, 0.5) is 5.69 Å². The lowest BCUT2D eigenvalue weighted by molar-refractivity contribution is -0.122. The third-order valence-electron chi connectivity index (χ3n) is 5.28. The van der Waals surface area contributed by atoms with Crippen LogP contribution in [0.1, 0.15) is 22.8 Å². The van der Waals surface area contributed by atoms with Crippen LogP contribution in [0.2, 0.25) is 0 Å². The van der Waals surface area contributed by atoms with E-state index in [0.29, 0.717) is 34.7 Å². The molecule has 0 aliphatic carbocycles. The molecule has 4 rings (SSSR count). The number of rotatable bonds is 7. The number of fused-ring (bicyclic) bond motifs is 1. The normalized spacial score (nSPS) is 10.6. The number of carbonyl (C=O) groups is 2. The molecule has 172 valence electrons. The molecule has 0 radical (unpaired) electrons. The molecule has 2 amide bonds. The molecule has 0 aliphatic rings. The number of ether oxygens (including phenoxy) is 1. The SMILES string of the molecule is CCNC(=O)COc1ccc(NC(=O)c2cccc3c(=O)c(C)c(-c4ccccc4)oc23)cc1. The van der Waals surface area contributed by atoms with Gasteiger partial charge in [0.2, 0.25) is 0 Å². The van der Waals surface area contributed by atoms with Crippen LogP contribution in [0.25, 0.3) is 22.3 Å². The fourth-order valence-corrected chi connectivity index (χ4v) is 3.58. The van der Waals surface area contributed by atoms with Crippen molar-refractivity contribution in [3.63, 3.8) is 0 Å². The van der Waals surface area contributed by atoms with E-state index in [0.717, 1.165) is 5.56 Å². The first-order chi connectivity index (χ1) is 16.5. The van der Waals surface area contributed by atoms with Crippen LogP contribution in [0.15, 0.2) is 82.0 Å². The predicted octanol–water partition coefficient (Wildman–Crippen LogP) is 4.54. The van der Waals surface area contributed by atoms with Gasteiger partial charge < -0.3 is 19.8 Å². The summed E-state index contributed by atoms with van der Waals surface area (Å²) in [5.41, 5.74) is 2.09. The molecule has 0 atom stereocenters. The van der Waals surface area contributed by atoms with E-state index in [1.54, 1.807) is 49.4 Å². The Morgan fingerprint density at radius 2 is 1.68 bits per heavy atom. The zero-order chi connectivity index (χ0) is 24.1. The van der Waals surface area contributed by atoms with Crippen molar-refractivity contribution in [2.75, 3.05) is 18.5 Å². The van der Waals surface area contributed by atoms with E-state index in [1.165, 1.54) is 0 Å². The Labute approximate surface area is 196 Å². The van der Waals surface area contributed by atoms with Gasteiger partial charge in [-0.1, -0.05) is 36.4 Å². The van der Waals surface area contributed by atoms with Crippen molar-refractivity contribution in [2.45, 2.75) is 13.8 Å². The van der Waals surface area contributed by atoms with E-state index in [4.69, 9.17) is 9.15 Å². The number of benzene rings is 3. The zero-order valence-corrected chi connectivity index (χ0v) is 18.9. The van der Waals surface area contributed by atoms with Gasteiger partial charge in [0.25, 0.3) is 11.8 Å². The maximum Gasteiger partial charge on any atom is 0.259 e. The van der Waals surface area contributed by atoms with Gasteiger partial charge in [-0.05, 0) is 50.2 Å². The van der Waals surface area contributed by atoms with E-state index < -0.39 is 5.91 Å². The Morgan fingerprint density at radius 1 is 0.941 bits per heavy atom. The number of nitrogens with one attached hydrogen (secondary N) is 2. The molecular formula is C27H24N2O5.